The molecule has 8 aromatic carbocycles. The van der Waals surface area contributed by atoms with Crippen LogP contribution in [0.4, 0.5) is 13.2 Å². The molecule has 0 atom stereocenters. The maximum Gasteiger partial charge on any atom is 0.416 e. The zero-order valence-electron chi connectivity index (χ0n) is 32.4. The van der Waals surface area contributed by atoms with E-state index in [1.807, 2.05) is 118 Å². The number of fused-ring (bicyclic) bond motifs is 6. The monoisotopic (exact) mass is 804 g/mol. The van der Waals surface area contributed by atoms with Crippen LogP contribution in [0.15, 0.2) is 164 Å². The van der Waals surface area contributed by atoms with Gasteiger partial charge >= 0.3 is 6.18 Å². The number of benzene rings is 8. The maximum atomic E-state index is 14.5. The van der Waals surface area contributed by atoms with E-state index in [9.17, 15) is 34.2 Å². The first-order valence-corrected chi connectivity index (χ1v) is 19.5. The van der Waals surface area contributed by atoms with Crippen LogP contribution in [0.25, 0.3) is 88.4 Å². The lowest BCUT2D eigenvalue weighted by atomic mass is 9.95. The fourth-order valence-corrected chi connectivity index (χ4v) is 8.63. The third-order valence-electron chi connectivity index (χ3n) is 11.5. The summed E-state index contributed by atoms with van der Waals surface area (Å²) in [6.45, 7) is 0. The lowest BCUT2D eigenvalue weighted by Crippen LogP contribution is -2.08. The van der Waals surface area contributed by atoms with Gasteiger partial charge in [0.15, 0.2) is 0 Å². The first-order chi connectivity index (χ1) is 30.2. The lowest BCUT2D eigenvalue weighted by Gasteiger charge is -2.21. The molecule has 0 bridgehead atoms. The molecule has 2 aromatic heterocycles. The van der Waals surface area contributed by atoms with Gasteiger partial charge in [-0.3, -0.25) is 0 Å². The molecule has 290 valence electrons. The lowest BCUT2D eigenvalue weighted by molar-refractivity contribution is -0.137. The van der Waals surface area contributed by atoms with Crippen molar-refractivity contribution in [3.05, 3.63) is 192 Å². The average Bonchev–Trinajstić information content (AvgIpc) is 3.82. The van der Waals surface area contributed by atoms with Crippen molar-refractivity contribution >= 4 is 43.6 Å². The molecule has 0 amide bonds. The molecule has 0 saturated heterocycles. The van der Waals surface area contributed by atoms with Gasteiger partial charge in [-0.05, 0) is 113 Å². The van der Waals surface area contributed by atoms with Crippen LogP contribution in [0, 0.1) is 45.3 Å². The Labute approximate surface area is 352 Å². The third-order valence-corrected chi connectivity index (χ3v) is 11.5. The summed E-state index contributed by atoms with van der Waals surface area (Å²) in [5.41, 5.74) is 8.16. The van der Waals surface area contributed by atoms with E-state index in [0.717, 1.165) is 72.5 Å². The quantitative estimate of drug-likeness (QED) is 0.173. The molecule has 0 spiro atoms. The molecular weight excluding hydrogens is 778 g/mol. The highest BCUT2D eigenvalue weighted by Gasteiger charge is 2.32. The number of hydrogen-bond acceptors (Lipinski definition) is 4. The van der Waals surface area contributed by atoms with Crippen molar-refractivity contribution in [1.82, 2.24) is 9.13 Å². The summed E-state index contributed by atoms with van der Waals surface area (Å²) in [6, 6.07) is 57.7. The van der Waals surface area contributed by atoms with Crippen molar-refractivity contribution in [1.29, 1.82) is 21.0 Å². The number of alkyl halides is 3. The van der Waals surface area contributed by atoms with Crippen molar-refractivity contribution in [2.24, 2.45) is 0 Å². The van der Waals surface area contributed by atoms with Gasteiger partial charge < -0.3 is 9.13 Å². The van der Waals surface area contributed by atoms with E-state index >= 15 is 0 Å². The molecule has 6 nitrogen and oxygen atoms in total. The van der Waals surface area contributed by atoms with Crippen LogP contribution in [-0.4, -0.2) is 9.13 Å². The Balaban J connectivity index is 1.30. The molecule has 0 unspecified atom stereocenters. The summed E-state index contributed by atoms with van der Waals surface area (Å²) in [4.78, 5) is 0. The number of halogens is 3. The van der Waals surface area contributed by atoms with E-state index in [2.05, 4.69) is 24.3 Å². The first-order valence-electron chi connectivity index (χ1n) is 19.5. The van der Waals surface area contributed by atoms with Crippen LogP contribution in [0.2, 0.25) is 0 Å². The Morgan fingerprint density at radius 1 is 0.387 bits per heavy atom. The van der Waals surface area contributed by atoms with Gasteiger partial charge in [0.1, 0.15) is 11.6 Å². The van der Waals surface area contributed by atoms with E-state index < -0.39 is 11.7 Å². The van der Waals surface area contributed by atoms with E-state index in [4.69, 9.17) is 0 Å². The summed E-state index contributed by atoms with van der Waals surface area (Å²) < 4.78 is 47.4. The fourth-order valence-electron chi connectivity index (χ4n) is 8.63. The number of nitriles is 4. The summed E-state index contributed by atoms with van der Waals surface area (Å²) in [6.07, 6.45) is -4.74. The molecule has 0 aliphatic carbocycles. The standard InChI is InChI=1S/C53H27F3N6/c54-53(55,56)40-24-34(30-59)23-39(25-40)41-19-22-51(61-47-7-3-1-5-42(47)44-26-37(17-20-49(44)61)35-13-9-32(28-57)10-14-35)46(31-60)52(41)62-48-8-4-2-6-43(48)45-27-38(18-21-50(45)62)36-15-11-33(29-58)12-16-36/h1-27H. The van der Waals surface area contributed by atoms with Crippen molar-refractivity contribution in [3.63, 3.8) is 0 Å². The van der Waals surface area contributed by atoms with Crippen molar-refractivity contribution in [3.8, 4) is 69.0 Å². The van der Waals surface area contributed by atoms with Crippen molar-refractivity contribution in [2.45, 2.75) is 6.18 Å². The van der Waals surface area contributed by atoms with Crippen LogP contribution in [0.5, 0.6) is 0 Å². The molecule has 2 heterocycles. The second kappa shape index (κ2) is 14.4. The summed E-state index contributed by atoms with van der Waals surface area (Å²) in [5.74, 6) is 0. The predicted octanol–water partition coefficient (Wildman–Crippen LogP) is 13.4. The van der Waals surface area contributed by atoms with E-state index in [0.29, 0.717) is 33.6 Å². The van der Waals surface area contributed by atoms with Crippen LogP contribution < -0.4 is 0 Å². The third kappa shape index (κ3) is 6.01. The smallest absolute Gasteiger partial charge is 0.308 e. The first kappa shape index (κ1) is 37.4. The van der Waals surface area contributed by atoms with Crippen LogP contribution >= 0.6 is 0 Å². The average molecular weight is 805 g/mol. The minimum absolute atomic E-state index is 0.129. The molecule has 0 aliphatic rings. The Morgan fingerprint density at radius 2 is 0.871 bits per heavy atom. The Kier molecular flexibility index (Phi) is 8.70. The largest absolute Gasteiger partial charge is 0.416 e. The maximum absolute atomic E-state index is 14.5. The number of para-hydroxylation sites is 2. The van der Waals surface area contributed by atoms with Crippen LogP contribution in [0.3, 0.4) is 0 Å². The molecular formula is C53H27F3N6. The highest BCUT2D eigenvalue weighted by molar-refractivity contribution is 6.13. The van der Waals surface area contributed by atoms with Gasteiger partial charge in [-0.25, -0.2) is 0 Å². The summed E-state index contributed by atoms with van der Waals surface area (Å²) in [5, 5.41) is 43.7. The molecule has 0 fully saturated rings. The van der Waals surface area contributed by atoms with E-state index in [-0.39, 0.29) is 16.7 Å². The minimum Gasteiger partial charge on any atom is -0.308 e. The highest BCUT2D eigenvalue weighted by atomic mass is 19.4. The molecule has 0 saturated carbocycles. The van der Waals surface area contributed by atoms with Gasteiger partial charge in [-0.15, -0.1) is 0 Å². The number of rotatable bonds is 5. The van der Waals surface area contributed by atoms with Gasteiger partial charge in [-0.2, -0.15) is 34.2 Å². The SMILES string of the molecule is N#Cc1ccc(-c2ccc3c(c2)c2ccccc2n3-c2ccc(-c3cc(C#N)cc(C(F)(F)F)c3)c(-n3c4ccccc4c4cc(-c5ccc(C#N)cc5)ccc43)c2C#N)cc1. The number of nitrogens with zero attached hydrogens (tertiary/aromatic N) is 6. The van der Waals surface area contributed by atoms with Crippen LogP contribution in [-0.2, 0) is 6.18 Å². The Bertz CT molecular complexity index is 3660. The van der Waals surface area contributed by atoms with Gasteiger partial charge in [0.2, 0.25) is 0 Å². The second-order valence-corrected chi connectivity index (χ2v) is 14.9. The molecule has 62 heavy (non-hydrogen) atoms. The number of hydrogen-bond donors (Lipinski definition) is 0. The number of aromatic nitrogens is 2. The molecule has 9 heteroatoms. The Hall–Kier alpha value is -8.89. The molecule has 10 rings (SSSR count). The van der Waals surface area contributed by atoms with Crippen molar-refractivity contribution in [2.75, 3.05) is 0 Å². The van der Waals surface area contributed by atoms with Gasteiger partial charge in [0, 0.05) is 27.1 Å². The molecule has 0 aliphatic heterocycles. The van der Waals surface area contributed by atoms with Gasteiger partial charge in [0.25, 0.3) is 0 Å². The topological polar surface area (TPSA) is 105 Å². The molecule has 0 radical (unpaired) electrons. The van der Waals surface area contributed by atoms with Gasteiger partial charge in [-0.1, -0.05) is 78.9 Å². The van der Waals surface area contributed by atoms with E-state index in [1.54, 1.807) is 36.4 Å². The zero-order chi connectivity index (χ0) is 42.7. The van der Waals surface area contributed by atoms with E-state index in [1.165, 1.54) is 6.07 Å². The Morgan fingerprint density at radius 3 is 1.39 bits per heavy atom. The predicted molar refractivity (Wildman–Crippen MR) is 235 cm³/mol. The fraction of sp³-hybridized carbons (Fsp3) is 0.0189. The van der Waals surface area contributed by atoms with Gasteiger partial charge in [0.05, 0.1) is 73.9 Å². The van der Waals surface area contributed by atoms with Crippen LogP contribution in [0.1, 0.15) is 27.8 Å². The summed E-state index contributed by atoms with van der Waals surface area (Å²) in [7, 11) is 0. The highest BCUT2D eigenvalue weighted by Crippen LogP contribution is 2.44. The molecule has 10 aromatic rings. The normalized spacial score (nSPS) is 11.4. The molecule has 0 N–H and O–H groups in total. The second-order valence-electron chi connectivity index (χ2n) is 14.9. The van der Waals surface area contributed by atoms with Crippen molar-refractivity contribution < 1.29 is 13.2 Å². The minimum atomic E-state index is -4.74. The zero-order valence-corrected chi connectivity index (χ0v) is 32.4. The summed E-state index contributed by atoms with van der Waals surface area (Å²) >= 11 is 0.